The molecule has 1 aromatic heterocycles. The second kappa shape index (κ2) is 3.61. The Hall–Kier alpha value is -1.87. The number of rotatable bonds is 0. The molecular weight excluding hydrogens is 224 g/mol. The third-order valence-electron chi connectivity index (χ3n) is 2.24. The highest BCUT2D eigenvalue weighted by Gasteiger charge is 2.08. The average Bonchev–Trinajstić information content (AvgIpc) is 2.50. The monoisotopic (exact) mass is 230 g/mol. The molecule has 3 rings (SSSR count). The predicted molar refractivity (Wildman–Crippen MR) is 63.4 cm³/mol. The SMILES string of the molecule is Clc1ccc2nc3c(nc2c1)C=CC=CO3. The van der Waals surface area contributed by atoms with Gasteiger partial charge in [-0.25, -0.2) is 9.97 Å². The molecule has 0 radical (unpaired) electrons. The van der Waals surface area contributed by atoms with E-state index in [0.717, 1.165) is 11.0 Å². The molecule has 0 bridgehead atoms. The van der Waals surface area contributed by atoms with Crippen LogP contribution < -0.4 is 4.74 Å². The zero-order chi connectivity index (χ0) is 11.0. The second-order valence-electron chi connectivity index (χ2n) is 3.35. The van der Waals surface area contributed by atoms with Crippen molar-refractivity contribution < 1.29 is 4.74 Å². The minimum atomic E-state index is 0.514. The van der Waals surface area contributed by atoms with Gasteiger partial charge in [0.1, 0.15) is 5.69 Å². The fraction of sp³-hybridized carbons (Fsp3) is 0. The van der Waals surface area contributed by atoms with Crippen molar-refractivity contribution in [1.82, 2.24) is 9.97 Å². The van der Waals surface area contributed by atoms with Crippen molar-refractivity contribution in [3.8, 4) is 5.88 Å². The Kier molecular flexibility index (Phi) is 2.11. The van der Waals surface area contributed by atoms with Gasteiger partial charge in [-0.1, -0.05) is 17.7 Å². The molecule has 78 valence electrons. The average molecular weight is 231 g/mol. The summed E-state index contributed by atoms with van der Waals surface area (Å²) in [6.45, 7) is 0. The molecule has 0 fully saturated rings. The standard InChI is InChI=1S/C12H7ClN2O/c13-8-4-5-9-11(7-8)14-10-3-1-2-6-16-12(10)15-9/h1-7H. The minimum Gasteiger partial charge on any atom is -0.445 e. The third-order valence-corrected chi connectivity index (χ3v) is 2.48. The first-order chi connectivity index (χ1) is 7.83. The highest BCUT2D eigenvalue weighted by molar-refractivity contribution is 6.31. The van der Waals surface area contributed by atoms with E-state index < -0.39 is 0 Å². The molecule has 0 spiro atoms. The van der Waals surface area contributed by atoms with Crippen LogP contribution in [0.2, 0.25) is 5.02 Å². The summed E-state index contributed by atoms with van der Waals surface area (Å²) in [7, 11) is 0. The second-order valence-corrected chi connectivity index (χ2v) is 3.79. The number of hydrogen-bond acceptors (Lipinski definition) is 3. The van der Waals surface area contributed by atoms with Gasteiger partial charge in [0.25, 0.3) is 0 Å². The fourth-order valence-corrected chi connectivity index (χ4v) is 1.68. The molecule has 1 aliphatic rings. The van der Waals surface area contributed by atoms with E-state index in [4.69, 9.17) is 16.3 Å². The summed E-state index contributed by atoms with van der Waals surface area (Å²) in [6.07, 6.45) is 7.09. The number of ether oxygens (including phenoxy) is 1. The van der Waals surface area contributed by atoms with Gasteiger partial charge in [-0.2, -0.15) is 0 Å². The van der Waals surface area contributed by atoms with E-state index in [2.05, 4.69) is 9.97 Å². The van der Waals surface area contributed by atoms with E-state index in [-0.39, 0.29) is 0 Å². The highest BCUT2D eigenvalue weighted by Crippen LogP contribution is 2.23. The summed E-state index contributed by atoms with van der Waals surface area (Å²) in [5, 5.41) is 0.651. The van der Waals surface area contributed by atoms with E-state index in [1.807, 2.05) is 18.2 Å². The van der Waals surface area contributed by atoms with Gasteiger partial charge >= 0.3 is 0 Å². The van der Waals surface area contributed by atoms with Crippen LogP contribution in [0, 0.1) is 0 Å². The van der Waals surface area contributed by atoms with E-state index >= 15 is 0 Å². The number of aromatic nitrogens is 2. The Morgan fingerprint density at radius 1 is 1.06 bits per heavy atom. The molecule has 1 aliphatic heterocycles. The Bertz CT molecular complexity index is 620. The van der Waals surface area contributed by atoms with Crippen LogP contribution in [0.3, 0.4) is 0 Å². The van der Waals surface area contributed by atoms with Crippen molar-refractivity contribution in [3.63, 3.8) is 0 Å². The summed E-state index contributed by atoms with van der Waals surface area (Å²) in [5.41, 5.74) is 2.24. The maximum Gasteiger partial charge on any atom is 0.245 e. The van der Waals surface area contributed by atoms with Crippen LogP contribution in [0.1, 0.15) is 5.69 Å². The number of benzene rings is 1. The summed E-state index contributed by atoms with van der Waals surface area (Å²) < 4.78 is 5.34. The molecule has 16 heavy (non-hydrogen) atoms. The van der Waals surface area contributed by atoms with Crippen LogP contribution >= 0.6 is 11.6 Å². The summed E-state index contributed by atoms with van der Waals surface area (Å²) >= 11 is 5.90. The van der Waals surface area contributed by atoms with Gasteiger partial charge in [0.05, 0.1) is 17.3 Å². The molecule has 0 unspecified atom stereocenters. The Morgan fingerprint density at radius 2 is 2.00 bits per heavy atom. The molecule has 3 nitrogen and oxygen atoms in total. The number of halogens is 1. The zero-order valence-corrected chi connectivity index (χ0v) is 8.98. The smallest absolute Gasteiger partial charge is 0.245 e. The predicted octanol–water partition coefficient (Wildman–Crippen LogP) is 3.20. The van der Waals surface area contributed by atoms with Gasteiger partial charge in [0.2, 0.25) is 5.88 Å². The minimum absolute atomic E-state index is 0.514. The molecule has 0 saturated heterocycles. The zero-order valence-electron chi connectivity index (χ0n) is 8.22. The van der Waals surface area contributed by atoms with Gasteiger partial charge in [-0.05, 0) is 30.4 Å². The van der Waals surface area contributed by atoms with Crippen molar-refractivity contribution in [2.45, 2.75) is 0 Å². The lowest BCUT2D eigenvalue weighted by atomic mass is 10.3. The summed E-state index contributed by atoms with van der Waals surface area (Å²) in [4.78, 5) is 8.81. The maximum atomic E-state index is 5.90. The summed E-state index contributed by atoms with van der Waals surface area (Å²) in [6, 6.07) is 5.40. The molecule has 0 aliphatic carbocycles. The molecule has 0 saturated carbocycles. The molecule has 4 heteroatoms. The Balaban J connectivity index is 2.29. The van der Waals surface area contributed by atoms with Crippen LogP contribution in [-0.2, 0) is 0 Å². The first-order valence-electron chi connectivity index (χ1n) is 4.80. The number of fused-ring (bicyclic) bond motifs is 2. The first kappa shape index (κ1) is 9.36. The van der Waals surface area contributed by atoms with E-state index in [1.165, 1.54) is 0 Å². The fourth-order valence-electron chi connectivity index (χ4n) is 1.52. The van der Waals surface area contributed by atoms with E-state index in [0.29, 0.717) is 16.6 Å². The van der Waals surface area contributed by atoms with Crippen molar-refractivity contribution in [2.75, 3.05) is 0 Å². The van der Waals surface area contributed by atoms with Gasteiger partial charge in [-0.15, -0.1) is 0 Å². The Labute approximate surface area is 97.0 Å². The topological polar surface area (TPSA) is 35.0 Å². The van der Waals surface area contributed by atoms with Crippen LogP contribution in [-0.4, -0.2) is 9.97 Å². The van der Waals surface area contributed by atoms with Gasteiger partial charge < -0.3 is 4.74 Å². The van der Waals surface area contributed by atoms with Crippen LogP contribution in [0.5, 0.6) is 5.88 Å². The molecule has 2 aromatic rings. The van der Waals surface area contributed by atoms with Gasteiger partial charge in [0.15, 0.2) is 0 Å². The Morgan fingerprint density at radius 3 is 2.94 bits per heavy atom. The lowest BCUT2D eigenvalue weighted by Crippen LogP contribution is -1.94. The molecule has 0 amide bonds. The van der Waals surface area contributed by atoms with Crippen molar-refractivity contribution in [3.05, 3.63) is 47.3 Å². The van der Waals surface area contributed by atoms with Crippen molar-refractivity contribution >= 4 is 28.7 Å². The molecule has 0 atom stereocenters. The first-order valence-corrected chi connectivity index (χ1v) is 5.18. The van der Waals surface area contributed by atoms with Crippen LogP contribution in [0.25, 0.3) is 17.1 Å². The lowest BCUT2D eigenvalue weighted by molar-refractivity contribution is 0.461. The highest BCUT2D eigenvalue weighted by atomic mass is 35.5. The third kappa shape index (κ3) is 1.55. The molecule has 0 N–H and O–H groups in total. The van der Waals surface area contributed by atoms with Crippen molar-refractivity contribution in [2.24, 2.45) is 0 Å². The normalized spacial score (nSPS) is 13.3. The van der Waals surface area contributed by atoms with E-state index in [1.54, 1.807) is 24.5 Å². The van der Waals surface area contributed by atoms with Crippen LogP contribution in [0.15, 0.2) is 36.6 Å². The van der Waals surface area contributed by atoms with Crippen molar-refractivity contribution in [1.29, 1.82) is 0 Å². The number of nitrogens with zero attached hydrogens (tertiary/aromatic N) is 2. The van der Waals surface area contributed by atoms with Gasteiger partial charge in [-0.3, -0.25) is 0 Å². The number of allylic oxidation sites excluding steroid dienone is 2. The van der Waals surface area contributed by atoms with E-state index in [9.17, 15) is 0 Å². The molecular formula is C12H7ClN2O. The largest absolute Gasteiger partial charge is 0.445 e. The quantitative estimate of drug-likeness (QED) is 0.697. The van der Waals surface area contributed by atoms with Gasteiger partial charge in [0, 0.05) is 5.02 Å². The lowest BCUT2D eigenvalue weighted by Gasteiger charge is -2.04. The molecule has 1 aromatic carbocycles. The summed E-state index contributed by atoms with van der Waals surface area (Å²) in [5.74, 6) is 0.514. The van der Waals surface area contributed by atoms with Crippen LogP contribution in [0.4, 0.5) is 0 Å². The number of hydrogen-bond donors (Lipinski definition) is 0. The molecule has 2 heterocycles. The maximum absolute atomic E-state index is 5.90.